The zero-order valence-electron chi connectivity index (χ0n) is 16.9. The number of esters is 1. The number of hydrogen-bond acceptors (Lipinski definition) is 5. The molecule has 1 aliphatic heterocycles. The van der Waals surface area contributed by atoms with Gasteiger partial charge in [0.05, 0.1) is 24.9 Å². The number of nitrogens with zero attached hydrogens (tertiary/aromatic N) is 1. The minimum Gasteiger partial charge on any atom is -0.504 e. The van der Waals surface area contributed by atoms with Crippen LogP contribution in [0.2, 0.25) is 0 Å². The van der Waals surface area contributed by atoms with Crippen LogP contribution >= 0.6 is 0 Å². The molecule has 0 saturated carbocycles. The number of amides is 1. The third-order valence-electron chi connectivity index (χ3n) is 4.71. The van der Waals surface area contributed by atoms with E-state index in [2.05, 4.69) is 0 Å². The third kappa shape index (κ3) is 3.74. The van der Waals surface area contributed by atoms with Crippen molar-refractivity contribution in [3.05, 3.63) is 70.4 Å². The number of phenols is 1. The first kappa shape index (κ1) is 20.2. The van der Waals surface area contributed by atoms with Crippen LogP contribution in [0.5, 0.6) is 11.5 Å². The van der Waals surface area contributed by atoms with Crippen LogP contribution in [0.3, 0.4) is 0 Å². The average Bonchev–Trinajstić information content (AvgIpc) is 2.95. The lowest BCUT2D eigenvalue weighted by Gasteiger charge is -2.18. The summed E-state index contributed by atoms with van der Waals surface area (Å²) in [7, 11) is 1.27. The van der Waals surface area contributed by atoms with Crippen LogP contribution in [-0.4, -0.2) is 30.7 Å². The van der Waals surface area contributed by atoms with Gasteiger partial charge >= 0.3 is 5.97 Å². The summed E-state index contributed by atoms with van der Waals surface area (Å²) in [5.74, 6) is -0.765. The second-order valence-corrected chi connectivity index (χ2v) is 6.61. The van der Waals surface area contributed by atoms with Gasteiger partial charge in [0.1, 0.15) is 0 Å². The molecule has 29 heavy (non-hydrogen) atoms. The first-order chi connectivity index (χ1) is 13.9. The fraction of sp³-hybridized carbons (Fsp3) is 0.217. The van der Waals surface area contributed by atoms with E-state index < -0.39 is 5.97 Å². The molecule has 0 fully saturated rings. The number of phenolic OH excluding ortho intramolecular Hbond substituents is 1. The lowest BCUT2D eigenvalue weighted by Crippen LogP contribution is -2.24. The molecule has 0 aromatic heterocycles. The molecule has 6 heteroatoms. The van der Waals surface area contributed by atoms with E-state index in [0.29, 0.717) is 29.3 Å². The number of carbonyl (C=O) groups excluding carboxylic acids is 2. The van der Waals surface area contributed by atoms with Crippen molar-refractivity contribution in [2.24, 2.45) is 0 Å². The van der Waals surface area contributed by atoms with Gasteiger partial charge < -0.3 is 14.6 Å². The molecule has 0 atom stereocenters. The Kier molecular flexibility index (Phi) is 5.73. The van der Waals surface area contributed by atoms with Crippen LogP contribution in [0.1, 0.15) is 25.0 Å². The van der Waals surface area contributed by atoms with Gasteiger partial charge in [-0.3, -0.25) is 9.69 Å². The molecule has 0 unspecified atom stereocenters. The Labute approximate surface area is 169 Å². The average molecular weight is 393 g/mol. The van der Waals surface area contributed by atoms with Crippen molar-refractivity contribution >= 4 is 23.6 Å². The summed E-state index contributed by atoms with van der Waals surface area (Å²) in [6.07, 6.45) is 1.49. The summed E-state index contributed by atoms with van der Waals surface area (Å²) >= 11 is 0. The Morgan fingerprint density at radius 3 is 2.45 bits per heavy atom. The maximum Gasteiger partial charge on any atom is 0.340 e. The highest BCUT2D eigenvalue weighted by Gasteiger charge is 2.38. The lowest BCUT2D eigenvalue weighted by atomic mass is 10.0. The van der Waals surface area contributed by atoms with Crippen LogP contribution in [0, 0.1) is 6.92 Å². The highest BCUT2D eigenvalue weighted by atomic mass is 16.5. The quantitative estimate of drug-likeness (QED) is 0.614. The first-order valence-electron chi connectivity index (χ1n) is 9.26. The van der Waals surface area contributed by atoms with Crippen molar-refractivity contribution in [1.29, 1.82) is 0 Å². The number of anilines is 1. The van der Waals surface area contributed by atoms with Crippen LogP contribution in [-0.2, 0) is 14.3 Å². The predicted octanol–water partition coefficient (Wildman–Crippen LogP) is 3.98. The number of aryl methyl sites for hydroxylation is 1. The van der Waals surface area contributed by atoms with Crippen molar-refractivity contribution in [3.63, 3.8) is 0 Å². The molecule has 0 bridgehead atoms. The van der Waals surface area contributed by atoms with Gasteiger partial charge in [0.25, 0.3) is 5.91 Å². The Hall–Kier alpha value is -3.54. The highest BCUT2D eigenvalue weighted by Crippen LogP contribution is 2.38. The molecule has 1 aliphatic rings. The summed E-state index contributed by atoms with van der Waals surface area (Å²) in [6.45, 7) is 5.85. The van der Waals surface area contributed by atoms with E-state index in [9.17, 15) is 14.7 Å². The Morgan fingerprint density at radius 2 is 1.83 bits per heavy atom. The van der Waals surface area contributed by atoms with Crippen molar-refractivity contribution in [3.8, 4) is 11.5 Å². The number of aromatic hydroxyl groups is 1. The van der Waals surface area contributed by atoms with Gasteiger partial charge in [0.2, 0.25) is 0 Å². The maximum absolute atomic E-state index is 13.3. The van der Waals surface area contributed by atoms with Crippen LogP contribution in [0.4, 0.5) is 5.69 Å². The van der Waals surface area contributed by atoms with Crippen LogP contribution in [0.25, 0.3) is 6.08 Å². The zero-order chi connectivity index (χ0) is 21.1. The van der Waals surface area contributed by atoms with Crippen molar-refractivity contribution < 1.29 is 24.2 Å². The van der Waals surface area contributed by atoms with Gasteiger partial charge in [-0.25, -0.2) is 4.79 Å². The number of methoxy groups -OCH3 is 1. The van der Waals surface area contributed by atoms with Crippen molar-refractivity contribution in [2.45, 2.75) is 20.8 Å². The van der Waals surface area contributed by atoms with E-state index in [0.717, 1.165) is 5.56 Å². The number of para-hydroxylation sites is 1. The van der Waals surface area contributed by atoms with Crippen LogP contribution in [0.15, 0.2) is 59.3 Å². The molecule has 0 radical (unpaired) electrons. The maximum atomic E-state index is 13.3. The van der Waals surface area contributed by atoms with Crippen LogP contribution < -0.4 is 9.64 Å². The normalized spacial score (nSPS) is 15.2. The number of ether oxygens (including phenoxy) is 2. The molecule has 6 nitrogen and oxygen atoms in total. The summed E-state index contributed by atoms with van der Waals surface area (Å²) in [4.78, 5) is 27.2. The molecular formula is C23H23NO5. The van der Waals surface area contributed by atoms with E-state index in [1.54, 1.807) is 25.1 Å². The molecule has 0 saturated heterocycles. The zero-order valence-corrected chi connectivity index (χ0v) is 16.9. The van der Waals surface area contributed by atoms with Gasteiger partial charge in [-0.2, -0.15) is 0 Å². The molecule has 1 N–H and O–H groups in total. The largest absolute Gasteiger partial charge is 0.504 e. The second-order valence-electron chi connectivity index (χ2n) is 6.61. The fourth-order valence-corrected chi connectivity index (χ4v) is 3.27. The van der Waals surface area contributed by atoms with Gasteiger partial charge in [0, 0.05) is 16.9 Å². The van der Waals surface area contributed by atoms with Crippen molar-refractivity contribution in [2.75, 3.05) is 18.6 Å². The van der Waals surface area contributed by atoms with E-state index in [-0.39, 0.29) is 22.8 Å². The summed E-state index contributed by atoms with van der Waals surface area (Å²) in [5, 5.41) is 10.5. The molecule has 150 valence electrons. The van der Waals surface area contributed by atoms with Gasteiger partial charge in [-0.05, 0) is 45.0 Å². The minimum atomic E-state index is -0.614. The molecule has 0 spiro atoms. The number of hydrogen-bond donors (Lipinski definition) is 1. The Bertz CT molecular complexity index is 1020. The monoisotopic (exact) mass is 393 g/mol. The number of allylic oxidation sites excluding steroid dienone is 1. The molecule has 1 heterocycles. The predicted molar refractivity (Wildman–Crippen MR) is 111 cm³/mol. The Balaban J connectivity index is 2.14. The summed E-state index contributed by atoms with van der Waals surface area (Å²) in [6, 6.07) is 12.4. The topological polar surface area (TPSA) is 76.1 Å². The number of benzene rings is 2. The van der Waals surface area contributed by atoms with E-state index >= 15 is 0 Å². The number of rotatable bonds is 5. The molecular weight excluding hydrogens is 370 g/mol. The lowest BCUT2D eigenvalue weighted by molar-refractivity contribution is -0.136. The number of carbonyl (C=O) groups is 2. The molecule has 2 aromatic rings. The third-order valence-corrected chi connectivity index (χ3v) is 4.71. The molecule has 0 aliphatic carbocycles. The Morgan fingerprint density at radius 1 is 1.14 bits per heavy atom. The van der Waals surface area contributed by atoms with Gasteiger partial charge in [-0.1, -0.05) is 29.8 Å². The highest BCUT2D eigenvalue weighted by molar-refractivity contribution is 6.23. The summed E-state index contributed by atoms with van der Waals surface area (Å²) in [5.41, 5.74) is 2.87. The van der Waals surface area contributed by atoms with Gasteiger partial charge in [-0.15, -0.1) is 0 Å². The van der Waals surface area contributed by atoms with E-state index in [1.807, 2.05) is 38.1 Å². The standard InChI is InChI=1S/C23H23NO5/c1-5-29-19-8-6-7-16(21(19)25)13-18-20(23(27)28-4)15(3)24(22(18)26)17-11-9-14(2)10-12-17/h6-13,25H,5H2,1-4H3/b18-13-. The van der Waals surface area contributed by atoms with Crippen molar-refractivity contribution in [1.82, 2.24) is 0 Å². The molecule has 2 aromatic carbocycles. The summed E-state index contributed by atoms with van der Waals surface area (Å²) < 4.78 is 10.3. The smallest absolute Gasteiger partial charge is 0.340 e. The molecule has 1 amide bonds. The van der Waals surface area contributed by atoms with E-state index in [4.69, 9.17) is 9.47 Å². The molecule has 3 rings (SSSR count). The first-order valence-corrected chi connectivity index (χ1v) is 9.26. The second kappa shape index (κ2) is 8.22. The van der Waals surface area contributed by atoms with E-state index in [1.165, 1.54) is 18.1 Å². The fourth-order valence-electron chi connectivity index (χ4n) is 3.27. The van der Waals surface area contributed by atoms with Gasteiger partial charge in [0.15, 0.2) is 11.5 Å². The minimum absolute atomic E-state index is 0.0923. The SMILES string of the molecule is CCOc1cccc(/C=C2\C(=O)N(c3ccc(C)cc3)C(C)=C2C(=O)OC)c1O.